The van der Waals surface area contributed by atoms with Crippen molar-refractivity contribution < 1.29 is 14.3 Å². The van der Waals surface area contributed by atoms with E-state index in [0.29, 0.717) is 19.8 Å². The Hall–Kier alpha value is -2.71. The molecule has 1 fully saturated rings. The molecule has 26 heavy (non-hydrogen) atoms. The minimum absolute atomic E-state index is 0.0107. The molecule has 1 atom stereocenters. The van der Waals surface area contributed by atoms with Crippen molar-refractivity contribution in [3.05, 3.63) is 58.0 Å². The van der Waals surface area contributed by atoms with E-state index in [1.165, 1.54) is 12.1 Å². The highest BCUT2D eigenvalue weighted by Gasteiger charge is 2.23. The van der Waals surface area contributed by atoms with E-state index in [-0.39, 0.29) is 23.2 Å². The number of aromatic amines is 1. The fourth-order valence-electron chi connectivity index (χ4n) is 2.92. The molecule has 8 nitrogen and oxygen atoms in total. The maximum absolute atomic E-state index is 12.3. The zero-order chi connectivity index (χ0) is 18.4. The second-order valence-corrected chi connectivity index (χ2v) is 5.95. The lowest BCUT2D eigenvalue weighted by Gasteiger charge is -2.35. The normalized spacial score (nSPS) is 16.0. The van der Waals surface area contributed by atoms with Crippen molar-refractivity contribution in [3.63, 3.8) is 0 Å². The Kier molecular flexibility index (Phi) is 5.98. The van der Waals surface area contributed by atoms with Crippen LogP contribution in [0.3, 0.4) is 0 Å². The Labute approximate surface area is 151 Å². The van der Waals surface area contributed by atoms with Gasteiger partial charge in [0.15, 0.2) is 0 Å². The molecule has 1 saturated heterocycles. The van der Waals surface area contributed by atoms with Crippen molar-refractivity contribution in [3.8, 4) is 5.75 Å². The monoisotopic (exact) mass is 358 g/mol. The summed E-state index contributed by atoms with van der Waals surface area (Å²) in [5.41, 5.74) is 0.925. The molecule has 3 rings (SSSR count). The van der Waals surface area contributed by atoms with Gasteiger partial charge in [-0.25, -0.2) is 5.10 Å². The maximum Gasteiger partial charge on any atom is 0.271 e. The molecule has 2 heterocycles. The molecule has 1 aromatic heterocycles. The first-order valence-electron chi connectivity index (χ1n) is 8.47. The van der Waals surface area contributed by atoms with Gasteiger partial charge in [-0.3, -0.25) is 14.5 Å². The molecule has 2 aromatic rings. The molecule has 0 saturated carbocycles. The molecule has 0 bridgehead atoms. The van der Waals surface area contributed by atoms with Crippen molar-refractivity contribution >= 4 is 5.91 Å². The second-order valence-electron chi connectivity index (χ2n) is 5.95. The molecular weight excluding hydrogens is 336 g/mol. The van der Waals surface area contributed by atoms with Gasteiger partial charge >= 0.3 is 0 Å². The van der Waals surface area contributed by atoms with E-state index in [4.69, 9.17) is 9.47 Å². The van der Waals surface area contributed by atoms with Crippen LogP contribution in [0.1, 0.15) is 22.1 Å². The third-order valence-corrected chi connectivity index (χ3v) is 4.35. The number of aromatic nitrogens is 2. The number of carbonyl (C=O) groups excluding carboxylic acids is 1. The number of rotatable bonds is 6. The van der Waals surface area contributed by atoms with Crippen molar-refractivity contribution in [2.45, 2.75) is 6.04 Å². The van der Waals surface area contributed by atoms with Crippen LogP contribution in [0.25, 0.3) is 0 Å². The number of H-pyrrole nitrogens is 1. The van der Waals surface area contributed by atoms with E-state index in [9.17, 15) is 9.59 Å². The van der Waals surface area contributed by atoms with Crippen LogP contribution in [0.15, 0.2) is 41.2 Å². The SMILES string of the molecule is COc1ccc([C@H](CNC(=O)c2ccc(=O)[nH]n2)N2CCOCC2)cc1. The van der Waals surface area contributed by atoms with Crippen molar-refractivity contribution in [2.24, 2.45) is 0 Å². The second kappa shape index (κ2) is 8.59. The van der Waals surface area contributed by atoms with Crippen LogP contribution < -0.4 is 15.6 Å². The number of methoxy groups -OCH3 is 1. The highest BCUT2D eigenvalue weighted by atomic mass is 16.5. The zero-order valence-corrected chi connectivity index (χ0v) is 14.6. The van der Waals surface area contributed by atoms with Gasteiger partial charge in [0.25, 0.3) is 11.5 Å². The van der Waals surface area contributed by atoms with Gasteiger partial charge in [-0.05, 0) is 23.8 Å². The Morgan fingerprint density at radius 1 is 1.27 bits per heavy atom. The number of morpholine rings is 1. The smallest absolute Gasteiger partial charge is 0.271 e. The molecule has 0 spiro atoms. The number of amides is 1. The lowest BCUT2D eigenvalue weighted by atomic mass is 10.0. The average molecular weight is 358 g/mol. The van der Waals surface area contributed by atoms with Gasteiger partial charge in [0.2, 0.25) is 0 Å². The summed E-state index contributed by atoms with van der Waals surface area (Å²) in [5, 5.41) is 8.94. The van der Waals surface area contributed by atoms with Crippen molar-refractivity contribution in [1.29, 1.82) is 0 Å². The topological polar surface area (TPSA) is 96.5 Å². The van der Waals surface area contributed by atoms with Gasteiger partial charge in [0.05, 0.1) is 26.4 Å². The van der Waals surface area contributed by atoms with Gasteiger partial charge in [0, 0.05) is 25.7 Å². The number of ether oxygens (including phenoxy) is 2. The van der Waals surface area contributed by atoms with Crippen LogP contribution in [0, 0.1) is 0 Å². The summed E-state index contributed by atoms with van der Waals surface area (Å²) in [6.07, 6.45) is 0. The Morgan fingerprint density at radius 2 is 2.00 bits per heavy atom. The molecule has 1 aromatic carbocycles. The Bertz CT molecular complexity index is 764. The van der Waals surface area contributed by atoms with Crippen LogP contribution in [-0.4, -0.2) is 61.0 Å². The Balaban J connectivity index is 1.73. The number of carbonyl (C=O) groups is 1. The largest absolute Gasteiger partial charge is 0.497 e. The number of hydrogen-bond donors (Lipinski definition) is 2. The zero-order valence-electron chi connectivity index (χ0n) is 14.6. The van der Waals surface area contributed by atoms with Gasteiger partial charge in [-0.1, -0.05) is 12.1 Å². The van der Waals surface area contributed by atoms with Crippen LogP contribution in [0.4, 0.5) is 0 Å². The van der Waals surface area contributed by atoms with Crippen molar-refractivity contribution in [1.82, 2.24) is 20.4 Å². The molecular formula is C18H22N4O4. The maximum atomic E-state index is 12.3. The van der Waals surface area contributed by atoms with Gasteiger partial charge in [-0.2, -0.15) is 5.10 Å². The van der Waals surface area contributed by atoms with E-state index < -0.39 is 0 Å². The minimum atomic E-state index is -0.342. The summed E-state index contributed by atoms with van der Waals surface area (Å²) in [6.45, 7) is 3.35. The van der Waals surface area contributed by atoms with Crippen molar-refractivity contribution in [2.75, 3.05) is 40.0 Å². The molecule has 1 aliphatic heterocycles. The van der Waals surface area contributed by atoms with E-state index in [0.717, 1.165) is 24.4 Å². The third-order valence-electron chi connectivity index (χ3n) is 4.35. The fourth-order valence-corrected chi connectivity index (χ4v) is 2.92. The first kappa shape index (κ1) is 18.1. The van der Waals surface area contributed by atoms with Gasteiger partial charge in [0.1, 0.15) is 11.4 Å². The summed E-state index contributed by atoms with van der Waals surface area (Å²) in [6, 6.07) is 10.5. The molecule has 1 amide bonds. The number of nitrogens with zero attached hydrogens (tertiary/aromatic N) is 2. The van der Waals surface area contributed by atoms with Crippen LogP contribution in [0.2, 0.25) is 0 Å². The van der Waals surface area contributed by atoms with E-state index in [2.05, 4.69) is 20.4 Å². The average Bonchev–Trinajstić information content (AvgIpc) is 2.70. The van der Waals surface area contributed by atoms with E-state index >= 15 is 0 Å². The predicted molar refractivity (Wildman–Crippen MR) is 95.3 cm³/mol. The quantitative estimate of drug-likeness (QED) is 0.784. The summed E-state index contributed by atoms with van der Waals surface area (Å²) in [7, 11) is 1.63. The van der Waals surface area contributed by atoms with Crippen LogP contribution in [-0.2, 0) is 4.74 Å². The summed E-state index contributed by atoms with van der Waals surface area (Å²) < 4.78 is 10.7. The number of benzene rings is 1. The lowest BCUT2D eigenvalue weighted by Crippen LogP contribution is -2.44. The first-order valence-corrected chi connectivity index (χ1v) is 8.47. The highest BCUT2D eigenvalue weighted by molar-refractivity contribution is 5.91. The highest BCUT2D eigenvalue weighted by Crippen LogP contribution is 2.23. The molecule has 138 valence electrons. The minimum Gasteiger partial charge on any atom is -0.497 e. The number of nitrogens with one attached hydrogen (secondary N) is 2. The molecule has 0 unspecified atom stereocenters. The molecule has 0 radical (unpaired) electrons. The molecule has 8 heteroatoms. The van der Waals surface area contributed by atoms with Gasteiger partial charge < -0.3 is 14.8 Å². The summed E-state index contributed by atoms with van der Waals surface area (Å²) in [4.78, 5) is 25.7. The molecule has 1 aliphatic rings. The summed E-state index contributed by atoms with van der Waals surface area (Å²) >= 11 is 0. The predicted octanol–water partition coefficient (Wildman–Crippen LogP) is 0.582. The lowest BCUT2D eigenvalue weighted by molar-refractivity contribution is 0.0162. The van der Waals surface area contributed by atoms with Crippen LogP contribution in [0.5, 0.6) is 5.75 Å². The first-order chi connectivity index (χ1) is 12.7. The van der Waals surface area contributed by atoms with Crippen LogP contribution >= 0.6 is 0 Å². The Morgan fingerprint density at radius 3 is 2.62 bits per heavy atom. The fraction of sp³-hybridized carbons (Fsp3) is 0.389. The molecule has 2 N–H and O–H groups in total. The standard InChI is InChI=1S/C18H22N4O4/c1-25-14-4-2-13(3-5-14)16(22-8-10-26-11-9-22)12-19-18(24)15-6-7-17(23)21-20-15/h2-7,16H,8-12H2,1H3,(H,19,24)(H,21,23)/t16-/m0/s1. The van der Waals surface area contributed by atoms with E-state index in [1.54, 1.807) is 7.11 Å². The summed E-state index contributed by atoms with van der Waals surface area (Å²) in [5.74, 6) is 0.462. The third kappa shape index (κ3) is 4.47. The number of hydrogen-bond acceptors (Lipinski definition) is 6. The van der Waals surface area contributed by atoms with Gasteiger partial charge in [-0.15, -0.1) is 0 Å². The van der Waals surface area contributed by atoms with E-state index in [1.807, 2.05) is 24.3 Å². The molecule has 0 aliphatic carbocycles.